The van der Waals surface area contributed by atoms with E-state index in [4.69, 9.17) is 4.99 Å². The number of hydrogen-bond acceptors (Lipinski definition) is 4. The zero-order chi connectivity index (χ0) is 19.8. The number of aryl methyl sites for hydroxylation is 1. The molecule has 2 N–H and O–H groups in total. The van der Waals surface area contributed by atoms with Crippen molar-refractivity contribution in [2.24, 2.45) is 4.99 Å². The molecule has 0 radical (unpaired) electrons. The molecule has 1 heterocycles. The van der Waals surface area contributed by atoms with Crippen LogP contribution < -0.4 is 10.6 Å². The highest BCUT2D eigenvalue weighted by atomic mass is 127. The standard InChI is InChI=1S/C21H26N6S.HI/c1-4-22-21(23-13-17-11-10-16(2)12-19(17)28-3)24-14-20-26-25-15-27(20)18-8-6-5-7-9-18;/h5-12,15H,4,13-14H2,1-3H3,(H2,22,23,24);1H. The van der Waals surface area contributed by atoms with Crippen molar-refractivity contribution in [3.05, 3.63) is 71.8 Å². The Morgan fingerprint density at radius 3 is 2.66 bits per heavy atom. The Bertz CT molecular complexity index is 926. The van der Waals surface area contributed by atoms with Crippen molar-refractivity contribution in [3.63, 3.8) is 0 Å². The van der Waals surface area contributed by atoms with E-state index in [1.54, 1.807) is 18.1 Å². The molecule has 0 aliphatic heterocycles. The van der Waals surface area contributed by atoms with Gasteiger partial charge in [0, 0.05) is 17.1 Å². The second kappa shape index (κ2) is 11.8. The maximum atomic E-state index is 4.75. The van der Waals surface area contributed by atoms with Gasteiger partial charge in [0.05, 0.1) is 13.1 Å². The highest BCUT2D eigenvalue weighted by Crippen LogP contribution is 2.22. The summed E-state index contributed by atoms with van der Waals surface area (Å²) in [5.74, 6) is 1.59. The third-order valence-corrected chi connectivity index (χ3v) is 5.08. The first-order valence-corrected chi connectivity index (χ1v) is 10.5. The summed E-state index contributed by atoms with van der Waals surface area (Å²) in [6, 6.07) is 16.6. The molecule has 0 amide bonds. The highest BCUT2D eigenvalue weighted by molar-refractivity contribution is 14.0. The summed E-state index contributed by atoms with van der Waals surface area (Å²) < 4.78 is 1.97. The lowest BCUT2D eigenvalue weighted by Crippen LogP contribution is -2.37. The SMILES string of the molecule is CCNC(=NCc1ccc(C)cc1SC)NCc1nncn1-c1ccccc1.I. The number of benzene rings is 2. The molecule has 3 rings (SSSR count). The largest absolute Gasteiger partial charge is 0.357 e. The van der Waals surface area contributed by atoms with E-state index in [0.717, 1.165) is 24.0 Å². The number of aromatic nitrogens is 3. The molecule has 0 atom stereocenters. The lowest BCUT2D eigenvalue weighted by atomic mass is 10.1. The maximum absolute atomic E-state index is 4.75. The number of aliphatic imine (C=N–C) groups is 1. The summed E-state index contributed by atoms with van der Waals surface area (Å²) >= 11 is 1.75. The number of guanidine groups is 1. The van der Waals surface area contributed by atoms with E-state index in [-0.39, 0.29) is 24.0 Å². The van der Waals surface area contributed by atoms with Crippen LogP contribution in [0.5, 0.6) is 0 Å². The van der Waals surface area contributed by atoms with Crippen LogP contribution in [-0.2, 0) is 13.1 Å². The lowest BCUT2D eigenvalue weighted by molar-refractivity contribution is 0.755. The molecule has 0 fully saturated rings. The number of nitrogens with zero attached hydrogens (tertiary/aromatic N) is 4. The van der Waals surface area contributed by atoms with Crippen molar-refractivity contribution in [2.45, 2.75) is 31.8 Å². The molecular formula is C21H27IN6S. The summed E-state index contributed by atoms with van der Waals surface area (Å²) in [5, 5.41) is 15.0. The molecule has 0 unspecified atom stereocenters. The lowest BCUT2D eigenvalue weighted by Gasteiger charge is -2.13. The number of halogens is 1. The van der Waals surface area contributed by atoms with Crippen LogP contribution in [0.2, 0.25) is 0 Å². The fraction of sp³-hybridized carbons (Fsp3) is 0.286. The zero-order valence-electron chi connectivity index (χ0n) is 16.9. The summed E-state index contributed by atoms with van der Waals surface area (Å²) in [6.07, 6.45) is 3.83. The van der Waals surface area contributed by atoms with Gasteiger partial charge < -0.3 is 10.6 Å². The van der Waals surface area contributed by atoms with Crippen molar-refractivity contribution in [1.82, 2.24) is 25.4 Å². The van der Waals surface area contributed by atoms with Gasteiger partial charge in [-0.05, 0) is 49.4 Å². The van der Waals surface area contributed by atoms with E-state index in [1.807, 2.05) is 34.9 Å². The van der Waals surface area contributed by atoms with Crippen LogP contribution in [0.4, 0.5) is 0 Å². The minimum atomic E-state index is 0. The van der Waals surface area contributed by atoms with Crippen LogP contribution in [0.3, 0.4) is 0 Å². The smallest absolute Gasteiger partial charge is 0.191 e. The molecule has 8 heteroatoms. The predicted octanol–water partition coefficient (Wildman–Crippen LogP) is 4.17. The van der Waals surface area contributed by atoms with Crippen LogP contribution in [0.15, 0.2) is 64.7 Å². The van der Waals surface area contributed by atoms with Crippen LogP contribution >= 0.6 is 35.7 Å². The first kappa shape index (κ1) is 23.2. The third kappa shape index (κ3) is 6.46. The maximum Gasteiger partial charge on any atom is 0.191 e. The van der Waals surface area contributed by atoms with Crippen molar-refractivity contribution in [3.8, 4) is 5.69 Å². The molecule has 0 saturated heterocycles. The van der Waals surface area contributed by atoms with Gasteiger partial charge in [-0.1, -0.05) is 30.3 Å². The number of thioether (sulfide) groups is 1. The Hall–Kier alpha value is -2.07. The summed E-state index contributed by atoms with van der Waals surface area (Å²) in [5.41, 5.74) is 3.53. The van der Waals surface area contributed by atoms with E-state index >= 15 is 0 Å². The molecule has 0 spiro atoms. The van der Waals surface area contributed by atoms with Gasteiger partial charge in [0.15, 0.2) is 11.8 Å². The Morgan fingerprint density at radius 1 is 1.14 bits per heavy atom. The Morgan fingerprint density at radius 2 is 1.93 bits per heavy atom. The topological polar surface area (TPSA) is 67.1 Å². The van der Waals surface area contributed by atoms with Gasteiger partial charge in [0.2, 0.25) is 0 Å². The molecule has 154 valence electrons. The number of para-hydroxylation sites is 1. The Balaban J connectivity index is 0.00000300. The van der Waals surface area contributed by atoms with E-state index in [2.05, 4.69) is 59.1 Å². The van der Waals surface area contributed by atoms with Crippen LogP contribution in [-0.4, -0.2) is 33.5 Å². The van der Waals surface area contributed by atoms with Crippen molar-refractivity contribution in [2.75, 3.05) is 12.8 Å². The van der Waals surface area contributed by atoms with E-state index in [9.17, 15) is 0 Å². The van der Waals surface area contributed by atoms with Gasteiger partial charge in [0.1, 0.15) is 6.33 Å². The van der Waals surface area contributed by atoms with Gasteiger partial charge in [-0.15, -0.1) is 45.9 Å². The third-order valence-electron chi connectivity index (χ3n) is 4.26. The van der Waals surface area contributed by atoms with Gasteiger partial charge >= 0.3 is 0 Å². The van der Waals surface area contributed by atoms with Crippen LogP contribution in [0, 0.1) is 6.92 Å². The second-order valence-corrected chi connectivity index (χ2v) is 7.16. The molecular weight excluding hydrogens is 495 g/mol. The van der Waals surface area contributed by atoms with E-state index in [1.165, 1.54) is 16.0 Å². The Labute approximate surface area is 193 Å². The first-order chi connectivity index (χ1) is 13.7. The molecule has 2 aromatic carbocycles. The molecule has 1 aromatic heterocycles. The average Bonchev–Trinajstić information content (AvgIpc) is 3.20. The fourth-order valence-corrected chi connectivity index (χ4v) is 3.53. The highest BCUT2D eigenvalue weighted by Gasteiger charge is 2.08. The van der Waals surface area contributed by atoms with Gasteiger partial charge in [0.25, 0.3) is 0 Å². The average molecular weight is 522 g/mol. The summed E-state index contributed by atoms with van der Waals surface area (Å²) in [7, 11) is 0. The van der Waals surface area contributed by atoms with Gasteiger partial charge in [-0.25, -0.2) is 4.99 Å². The van der Waals surface area contributed by atoms with Crippen molar-refractivity contribution >= 4 is 41.7 Å². The first-order valence-electron chi connectivity index (χ1n) is 9.31. The zero-order valence-corrected chi connectivity index (χ0v) is 20.1. The molecule has 6 nitrogen and oxygen atoms in total. The quantitative estimate of drug-likeness (QED) is 0.211. The fourth-order valence-electron chi connectivity index (χ4n) is 2.83. The van der Waals surface area contributed by atoms with Crippen LogP contribution in [0.25, 0.3) is 5.69 Å². The molecule has 0 saturated carbocycles. The molecule has 29 heavy (non-hydrogen) atoms. The molecule has 0 bridgehead atoms. The van der Waals surface area contributed by atoms with E-state index in [0.29, 0.717) is 13.1 Å². The number of nitrogens with one attached hydrogen (secondary N) is 2. The molecule has 3 aromatic rings. The molecule has 0 aliphatic rings. The van der Waals surface area contributed by atoms with E-state index < -0.39 is 0 Å². The Kier molecular flexibility index (Phi) is 9.46. The summed E-state index contributed by atoms with van der Waals surface area (Å²) in [4.78, 5) is 6.01. The second-order valence-electron chi connectivity index (χ2n) is 6.32. The van der Waals surface area contributed by atoms with Gasteiger partial charge in [-0.3, -0.25) is 4.57 Å². The minimum Gasteiger partial charge on any atom is -0.357 e. The summed E-state index contributed by atoms with van der Waals surface area (Å²) in [6.45, 7) is 6.12. The van der Waals surface area contributed by atoms with Crippen molar-refractivity contribution in [1.29, 1.82) is 0 Å². The van der Waals surface area contributed by atoms with Crippen LogP contribution in [0.1, 0.15) is 23.9 Å². The number of hydrogen-bond donors (Lipinski definition) is 2. The normalized spacial score (nSPS) is 11.1. The number of rotatable bonds is 7. The van der Waals surface area contributed by atoms with Gasteiger partial charge in [-0.2, -0.15) is 0 Å². The molecule has 0 aliphatic carbocycles. The minimum absolute atomic E-state index is 0. The predicted molar refractivity (Wildman–Crippen MR) is 131 cm³/mol. The van der Waals surface area contributed by atoms with Crippen molar-refractivity contribution < 1.29 is 0 Å². The monoisotopic (exact) mass is 522 g/mol.